The van der Waals surface area contributed by atoms with Crippen molar-refractivity contribution in [2.75, 3.05) is 29.5 Å². The van der Waals surface area contributed by atoms with Crippen LogP contribution in [0, 0.1) is 0 Å². The molecule has 224 valence electrons. The lowest BCUT2D eigenvalue weighted by Crippen LogP contribution is -2.21. The van der Waals surface area contributed by atoms with Crippen molar-refractivity contribution in [1.82, 2.24) is 4.98 Å². The molecule has 0 atom stereocenters. The Kier molecular flexibility index (Phi) is 8.65. The lowest BCUT2D eigenvalue weighted by atomic mass is 9.96. The van der Waals surface area contributed by atoms with Crippen LogP contribution in [-0.2, 0) is 0 Å². The van der Waals surface area contributed by atoms with Crippen molar-refractivity contribution in [3.8, 4) is 56.6 Å². The summed E-state index contributed by atoms with van der Waals surface area (Å²) >= 11 is 0. The van der Waals surface area contributed by atoms with Crippen LogP contribution in [0.5, 0.6) is 23.0 Å². The fourth-order valence-electron chi connectivity index (χ4n) is 5.27. The third-order valence-electron chi connectivity index (χ3n) is 7.70. The quantitative estimate of drug-likeness (QED) is 0.154. The number of nitrogens with two attached hydrogens (primary N) is 2. The normalized spacial score (nSPS) is 10.8. The second-order valence-corrected chi connectivity index (χ2v) is 10.7. The molecule has 0 saturated carbocycles. The average Bonchev–Trinajstić information content (AvgIpc) is 3.08. The molecule has 0 amide bonds. The highest BCUT2D eigenvalue weighted by molar-refractivity contribution is 5.84. The van der Waals surface area contributed by atoms with Crippen molar-refractivity contribution in [1.29, 1.82) is 0 Å². The van der Waals surface area contributed by atoms with Gasteiger partial charge in [0.2, 0.25) is 0 Å². The highest BCUT2D eigenvalue weighted by Crippen LogP contribution is 2.37. The lowest BCUT2D eigenvalue weighted by molar-refractivity contribution is 0.482. The Morgan fingerprint density at radius 3 is 1.58 bits per heavy atom. The first-order chi connectivity index (χ1) is 22.0. The molecule has 0 aliphatic rings. The van der Waals surface area contributed by atoms with Crippen LogP contribution in [0.25, 0.3) is 33.6 Å². The summed E-state index contributed by atoms with van der Waals surface area (Å²) < 4.78 is 12.2. The van der Waals surface area contributed by atoms with E-state index in [9.17, 15) is 0 Å². The Morgan fingerprint density at radius 1 is 0.511 bits per heavy atom. The molecule has 6 aromatic rings. The zero-order valence-electron chi connectivity index (χ0n) is 25.5. The van der Waals surface area contributed by atoms with E-state index in [4.69, 9.17) is 25.9 Å². The van der Waals surface area contributed by atoms with Gasteiger partial charge in [0.05, 0.1) is 11.4 Å². The maximum Gasteiger partial charge on any atom is 0.128 e. The van der Waals surface area contributed by atoms with Crippen molar-refractivity contribution in [2.24, 2.45) is 0 Å². The van der Waals surface area contributed by atoms with E-state index in [1.165, 1.54) is 5.69 Å². The molecule has 0 bridgehead atoms. The zero-order valence-corrected chi connectivity index (χ0v) is 25.5. The number of anilines is 3. The van der Waals surface area contributed by atoms with Gasteiger partial charge in [-0.15, -0.1) is 0 Å². The fraction of sp³-hybridized carbons (Fsp3) is 0.103. The van der Waals surface area contributed by atoms with E-state index < -0.39 is 0 Å². The number of aromatic nitrogens is 1. The number of rotatable bonds is 10. The van der Waals surface area contributed by atoms with Gasteiger partial charge in [-0.1, -0.05) is 18.2 Å². The first kappa shape index (κ1) is 29.3. The van der Waals surface area contributed by atoms with Crippen molar-refractivity contribution >= 4 is 17.1 Å². The number of hydrogen-bond acceptors (Lipinski definition) is 6. The molecule has 0 spiro atoms. The Hall–Kier alpha value is -5.75. The van der Waals surface area contributed by atoms with Gasteiger partial charge in [0, 0.05) is 41.3 Å². The van der Waals surface area contributed by atoms with Gasteiger partial charge in [0.15, 0.2) is 0 Å². The van der Waals surface area contributed by atoms with Gasteiger partial charge in [-0.2, -0.15) is 0 Å². The molecule has 0 fully saturated rings. The maximum absolute atomic E-state index is 6.23. The van der Waals surface area contributed by atoms with Crippen LogP contribution in [0.4, 0.5) is 17.1 Å². The first-order valence-electron chi connectivity index (χ1n) is 15.1. The lowest BCUT2D eigenvalue weighted by Gasteiger charge is -2.21. The molecular weight excluding hydrogens is 556 g/mol. The molecular formula is C39H36N4O2. The van der Waals surface area contributed by atoms with Crippen LogP contribution < -0.4 is 25.8 Å². The van der Waals surface area contributed by atoms with Crippen LogP contribution in [0.15, 0.2) is 133 Å². The van der Waals surface area contributed by atoms with Crippen LogP contribution >= 0.6 is 0 Å². The predicted molar refractivity (Wildman–Crippen MR) is 186 cm³/mol. The summed E-state index contributed by atoms with van der Waals surface area (Å²) in [5, 5.41) is 0. The third kappa shape index (κ3) is 6.92. The second-order valence-electron chi connectivity index (χ2n) is 10.7. The highest BCUT2D eigenvalue weighted by Gasteiger charge is 2.14. The number of benzene rings is 5. The van der Waals surface area contributed by atoms with Gasteiger partial charge in [0.1, 0.15) is 23.0 Å². The fourth-order valence-corrected chi connectivity index (χ4v) is 5.27. The molecule has 5 aromatic carbocycles. The van der Waals surface area contributed by atoms with Gasteiger partial charge in [-0.05, 0) is 140 Å². The zero-order chi connectivity index (χ0) is 31.2. The highest BCUT2D eigenvalue weighted by atomic mass is 16.5. The van der Waals surface area contributed by atoms with E-state index in [-0.39, 0.29) is 0 Å². The summed E-state index contributed by atoms with van der Waals surface area (Å²) in [5.41, 5.74) is 20.1. The van der Waals surface area contributed by atoms with Crippen LogP contribution in [0.3, 0.4) is 0 Å². The van der Waals surface area contributed by atoms with Crippen molar-refractivity contribution in [3.05, 3.63) is 133 Å². The summed E-state index contributed by atoms with van der Waals surface area (Å²) in [4.78, 5) is 7.44. The molecule has 0 aliphatic carbocycles. The van der Waals surface area contributed by atoms with Crippen LogP contribution in [-0.4, -0.2) is 18.1 Å². The summed E-state index contributed by atoms with van der Waals surface area (Å²) in [7, 11) is 0. The van der Waals surface area contributed by atoms with E-state index >= 15 is 0 Å². The number of hydrogen-bond donors (Lipinski definition) is 2. The first-order valence-corrected chi connectivity index (χ1v) is 15.1. The minimum absolute atomic E-state index is 0.696. The summed E-state index contributed by atoms with van der Waals surface area (Å²) in [6, 6.07) is 43.7. The SMILES string of the molecule is CCN(CC)c1ccc(-c2cc(Oc3ccc(N)cc3)ccc2-c2cccc(-c3ccc(Oc4ccc(N)cc4)cc3)n2)cc1. The summed E-state index contributed by atoms with van der Waals surface area (Å²) in [6.07, 6.45) is 0. The van der Waals surface area contributed by atoms with E-state index in [1.807, 2.05) is 97.1 Å². The van der Waals surface area contributed by atoms with E-state index in [0.29, 0.717) is 11.4 Å². The molecule has 0 radical (unpaired) electrons. The van der Waals surface area contributed by atoms with Crippen molar-refractivity contribution in [3.63, 3.8) is 0 Å². The van der Waals surface area contributed by atoms with Gasteiger partial charge in [-0.3, -0.25) is 0 Å². The predicted octanol–water partition coefficient (Wildman–Crippen LogP) is 9.68. The Labute approximate surface area is 264 Å². The topological polar surface area (TPSA) is 86.6 Å². The standard InChI is InChI=1S/C39H36N4O2/c1-3-43(4-2)31-16-8-27(9-17-31)37-26-35(45-34-22-14-30(41)15-23-34)24-25-36(37)39-7-5-6-38(42-39)28-10-18-32(19-11-28)44-33-20-12-29(40)13-21-33/h5-26H,3-4,40-41H2,1-2H3. The Bertz CT molecular complexity index is 1860. The molecule has 0 saturated heterocycles. The van der Waals surface area contributed by atoms with Crippen LogP contribution in [0.2, 0.25) is 0 Å². The summed E-state index contributed by atoms with van der Waals surface area (Å²) in [6.45, 7) is 6.26. The van der Waals surface area contributed by atoms with Gasteiger partial charge in [0.25, 0.3) is 0 Å². The molecule has 45 heavy (non-hydrogen) atoms. The van der Waals surface area contributed by atoms with Gasteiger partial charge >= 0.3 is 0 Å². The number of nitrogens with zero attached hydrogens (tertiary/aromatic N) is 2. The molecule has 6 rings (SSSR count). The molecule has 1 heterocycles. The van der Waals surface area contributed by atoms with Crippen molar-refractivity contribution < 1.29 is 9.47 Å². The van der Waals surface area contributed by atoms with E-state index in [2.05, 4.69) is 55.1 Å². The van der Waals surface area contributed by atoms with Crippen LogP contribution in [0.1, 0.15) is 13.8 Å². The smallest absolute Gasteiger partial charge is 0.128 e. The van der Waals surface area contributed by atoms with Gasteiger partial charge in [-0.25, -0.2) is 4.98 Å². The van der Waals surface area contributed by atoms with E-state index in [0.717, 1.165) is 69.7 Å². The number of ether oxygens (including phenoxy) is 2. The average molecular weight is 593 g/mol. The molecule has 6 heteroatoms. The molecule has 1 aromatic heterocycles. The minimum Gasteiger partial charge on any atom is -0.457 e. The largest absolute Gasteiger partial charge is 0.457 e. The Morgan fingerprint density at radius 2 is 1.00 bits per heavy atom. The number of nitrogen functional groups attached to an aromatic ring is 2. The molecule has 0 aliphatic heterocycles. The van der Waals surface area contributed by atoms with Gasteiger partial charge < -0.3 is 25.8 Å². The molecule has 4 N–H and O–H groups in total. The number of pyridine rings is 1. The minimum atomic E-state index is 0.696. The molecule has 0 unspecified atom stereocenters. The molecule has 6 nitrogen and oxygen atoms in total. The van der Waals surface area contributed by atoms with Crippen molar-refractivity contribution in [2.45, 2.75) is 13.8 Å². The second kappa shape index (κ2) is 13.3. The Balaban J connectivity index is 1.33. The summed E-state index contributed by atoms with van der Waals surface area (Å²) in [5.74, 6) is 2.94. The maximum atomic E-state index is 6.23. The third-order valence-corrected chi connectivity index (χ3v) is 7.70. The monoisotopic (exact) mass is 592 g/mol. The van der Waals surface area contributed by atoms with E-state index in [1.54, 1.807) is 0 Å².